The summed E-state index contributed by atoms with van der Waals surface area (Å²) in [5.41, 5.74) is 0. The summed E-state index contributed by atoms with van der Waals surface area (Å²) in [6, 6.07) is 0. The highest BCUT2D eigenvalue weighted by atomic mass is 31.2. The lowest BCUT2D eigenvalue weighted by Gasteiger charge is -2.21. The summed E-state index contributed by atoms with van der Waals surface area (Å²) in [4.78, 5) is 72.9. The molecule has 0 aromatic rings. The zero-order valence-corrected chi connectivity index (χ0v) is 64.9. The number of unbranched alkanes of at least 4 members (excludes halogenated alkanes) is 32. The van der Waals surface area contributed by atoms with E-state index in [-0.39, 0.29) is 25.7 Å². The SMILES string of the molecule is CCCCC/C=C\C/C=C\C/C=C\C/C=C\CCCC(=O)O[C@H](COC(=O)CCCCCCCCCCCCCCC)COP(=O)(O)OC[C@H](O)COP(=O)(O)OC[C@@H](COC(=O)CCCCCCC/C=C\C/C=C\CCCCC)OC(=O)CCCCCCC/C=C\C/C=C\CCCCC. The summed E-state index contributed by atoms with van der Waals surface area (Å²) in [6.45, 7) is 4.73. The predicted molar refractivity (Wildman–Crippen MR) is 409 cm³/mol. The zero-order chi connectivity index (χ0) is 73.2. The van der Waals surface area contributed by atoms with Gasteiger partial charge in [0.2, 0.25) is 0 Å². The monoisotopic (exact) mass is 1450 g/mol. The van der Waals surface area contributed by atoms with Crippen molar-refractivity contribution in [2.45, 2.75) is 354 Å². The average molecular weight is 1450 g/mol. The highest BCUT2D eigenvalue weighted by Gasteiger charge is 2.30. The smallest absolute Gasteiger partial charge is 0.462 e. The van der Waals surface area contributed by atoms with Crippen LogP contribution in [0.25, 0.3) is 0 Å². The molecule has 0 amide bonds. The number of carbonyl (C=O) groups excluding carboxylic acids is 4. The molecule has 0 heterocycles. The number of ether oxygens (including phenoxy) is 4. The summed E-state index contributed by atoms with van der Waals surface area (Å²) in [5.74, 6) is -2.25. The fourth-order valence-electron chi connectivity index (χ4n) is 10.4. The molecule has 5 atom stereocenters. The molecule has 0 aromatic heterocycles. The maximum Gasteiger partial charge on any atom is 0.472 e. The molecule has 0 fully saturated rings. The number of hydrogen-bond acceptors (Lipinski definition) is 15. The van der Waals surface area contributed by atoms with Gasteiger partial charge in [0.05, 0.1) is 26.4 Å². The van der Waals surface area contributed by atoms with Crippen molar-refractivity contribution in [1.82, 2.24) is 0 Å². The van der Waals surface area contributed by atoms with E-state index in [1.54, 1.807) is 0 Å². The molecule has 0 aliphatic heterocycles. The molecule has 100 heavy (non-hydrogen) atoms. The van der Waals surface area contributed by atoms with Gasteiger partial charge in [0.25, 0.3) is 0 Å². The van der Waals surface area contributed by atoms with Crippen LogP contribution in [0.3, 0.4) is 0 Å². The third-order valence-electron chi connectivity index (χ3n) is 16.5. The topological polar surface area (TPSA) is 237 Å². The third kappa shape index (κ3) is 72.3. The number of rotatable bonds is 74. The molecule has 0 rings (SSSR count). The quantitative estimate of drug-likeness (QED) is 0.0169. The first-order chi connectivity index (χ1) is 48.7. The Morgan fingerprint density at radius 3 is 0.810 bits per heavy atom. The van der Waals surface area contributed by atoms with Gasteiger partial charge in [0.1, 0.15) is 19.3 Å². The number of phosphoric ester groups is 2. The molecule has 0 bridgehead atoms. The molecular formula is C81H142O17P2. The fraction of sp³-hybridized carbons (Fsp3) is 0.753. The maximum atomic E-state index is 13.1. The Hall–Kier alpha value is -4.02. The van der Waals surface area contributed by atoms with Crippen LogP contribution in [0.5, 0.6) is 0 Å². The number of aliphatic hydroxyl groups excluding tert-OH is 1. The van der Waals surface area contributed by atoms with Crippen molar-refractivity contribution in [2.24, 2.45) is 0 Å². The van der Waals surface area contributed by atoms with Gasteiger partial charge in [0, 0.05) is 25.7 Å². The number of hydrogen-bond donors (Lipinski definition) is 3. The Morgan fingerprint density at radius 2 is 0.500 bits per heavy atom. The Kier molecular flexibility index (Phi) is 70.4. The summed E-state index contributed by atoms with van der Waals surface area (Å²) >= 11 is 0. The van der Waals surface area contributed by atoms with Crippen molar-refractivity contribution >= 4 is 39.5 Å². The van der Waals surface area contributed by atoms with Gasteiger partial charge < -0.3 is 33.8 Å². The molecule has 0 spiro atoms. The van der Waals surface area contributed by atoms with Crippen LogP contribution in [-0.4, -0.2) is 96.7 Å². The number of phosphoric acid groups is 2. The normalized spacial score (nSPS) is 14.4. The van der Waals surface area contributed by atoms with Crippen LogP contribution in [0.15, 0.2) is 97.2 Å². The van der Waals surface area contributed by atoms with E-state index >= 15 is 0 Å². The van der Waals surface area contributed by atoms with Gasteiger partial charge in [-0.2, -0.15) is 0 Å². The highest BCUT2D eigenvalue weighted by molar-refractivity contribution is 7.47. The van der Waals surface area contributed by atoms with Crippen molar-refractivity contribution in [2.75, 3.05) is 39.6 Å². The van der Waals surface area contributed by atoms with Crippen LogP contribution < -0.4 is 0 Å². The highest BCUT2D eigenvalue weighted by Crippen LogP contribution is 2.45. The standard InChI is InChI=1S/C81H142O17P2/c1-5-9-13-17-21-25-29-33-36-37-40-44-48-52-56-60-64-68-81(86)98-76(71-91-78(83)65-61-57-53-49-45-41-32-28-24-20-16-12-8-4)73-95-99(87,88)93-69-75(82)70-94-100(89,90)96-74-77(97-80(85)67-63-59-55-51-47-43-39-35-31-27-23-19-15-11-7-3)72-92-79(84)66-62-58-54-50-46-42-38-34-30-26-22-18-14-10-6-2/h21-23,25-27,33-36,38-40,44,52,56,75-77,82H,5-20,24,28-32,37,41-43,45-51,53-55,57-74H2,1-4H3,(H,87,88)(H,89,90)/b25-21-,26-22-,27-23-,36-33-,38-34-,39-35-,44-40-,56-52-/t75-,76+,77+/m0/s1. The zero-order valence-electron chi connectivity index (χ0n) is 63.1. The summed E-state index contributed by atoms with van der Waals surface area (Å²) in [5, 5.41) is 10.6. The third-order valence-corrected chi connectivity index (χ3v) is 18.4. The van der Waals surface area contributed by atoms with Crippen molar-refractivity contribution in [3.63, 3.8) is 0 Å². The van der Waals surface area contributed by atoms with Crippen LogP contribution in [0.2, 0.25) is 0 Å². The summed E-state index contributed by atoms with van der Waals surface area (Å²) in [7, 11) is -9.97. The van der Waals surface area contributed by atoms with Crippen molar-refractivity contribution < 1.29 is 80.2 Å². The molecule has 0 radical (unpaired) electrons. The first-order valence-electron chi connectivity index (χ1n) is 39.5. The van der Waals surface area contributed by atoms with Gasteiger partial charge in [-0.05, 0) is 128 Å². The van der Waals surface area contributed by atoms with Crippen LogP contribution in [0.1, 0.15) is 336 Å². The molecule has 2 unspecified atom stereocenters. The van der Waals surface area contributed by atoms with Gasteiger partial charge in [-0.3, -0.25) is 37.3 Å². The number of aliphatic hydroxyl groups is 1. The van der Waals surface area contributed by atoms with Gasteiger partial charge in [0.15, 0.2) is 12.2 Å². The average Bonchev–Trinajstić information content (AvgIpc) is 1.13. The van der Waals surface area contributed by atoms with Gasteiger partial charge in [-0.15, -0.1) is 0 Å². The second-order valence-corrected chi connectivity index (χ2v) is 29.2. The van der Waals surface area contributed by atoms with E-state index in [9.17, 15) is 43.2 Å². The Labute approximate surface area is 607 Å². The van der Waals surface area contributed by atoms with Gasteiger partial charge >= 0.3 is 39.5 Å². The molecule has 578 valence electrons. The second-order valence-electron chi connectivity index (χ2n) is 26.3. The lowest BCUT2D eigenvalue weighted by atomic mass is 10.0. The minimum Gasteiger partial charge on any atom is -0.462 e. The van der Waals surface area contributed by atoms with Crippen molar-refractivity contribution in [3.05, 3.63) is 97.2 Å². The first kappa shape index (κ1) is 96.0. The van der Waals surface area contributed by atoms with E-state index < -0.39 is 97.5 Å². The van der Waals surface area contributed by atoms with E-state index in [2.05, 4.69) is 113 Å². The lowest BCUT2D eigenvalue weighted by Crippen LogP contribution is -2.30. The second kappa shape index (κ2) is 73.3. The van der Waals surface area contributed by atoms with Crippen LogP contribution >= 0.6 is 15.6 Å². The predicted octanol–water partition coefficient (Wildman–Crippen LogP) is 22.8. The molecule has 3 N–H and O–H groups in total. The molecule has 0 saturated heterocycles. The van der Waals surface area contributed by atoms with Crippen molar-refractivity contribution in [3.8, 4) is 0 Å². The Balaban J connectivity index is 5.42. The van der Waals surface area contributed by atoms with Crippen LogP contribution in [-0.2, 0) is 65.4 Å². The lowest BCUT2D eigenvalue weighted by molar-refractivity contribution is -0.161. The first-order valence-corrected chi connectivity index (χ1v) is 42.5. The largest absolute Gasteiger partial charge is 0.472 e. The Bertz CT molecular complexity index is 2270. The maximum absolute atomic E-state index is 13.1. The van der Waals surface area contributed by atoms with Gasteiger partial charge in [-0.1, -0.05) is 279 Å². The van der Waals surface area contributed by atoms with Crippen LogP contribution in [0, 0.1) is 0 Å². The molecule has 0 aliphatic carbocycles. The van der Waals surface area contributed by atoms with E-state index in [0.29, 0.717) is 32.1 Å². The molecule has 0 saturated carbocycles. The van der Waals surface area contributed by atoms with E-state index in [4.69, 9.17) is 37.0 Å². The molecule has 19 heteroatoms. The minimum atomic E-state index is -4.99. The summed E-state index contributed by atoms with van der Waals surface area (Å²) in [6.07, 6.45) is 76.8. The Morgan fingerprint density at radius 1 is 0.280 bits per heavy atom. The summed E-state index contributed by atoms with van der Waals surface area (Å²) < 4.78 is 68.5. The number of allylic oxidation sites excluding steroid dienone is 16. The number of esters is 4. The molecule has 0 aromatic carbocycles. The molecule has 17 nitrogen and oxygen atoms in total. The molecular weight excluding hydrogens is 1310 g/mol. The van der Waals surface area contributed by atoms with Gasteiger partial charge in [-0.25, -0.2) is 9.13 Å². The van der Waals surface area contributed by atoms with E-state index in [1.165, 1.54) is 116 Å². The van der Waals surface area contributed by atoms with E-state index in [0.717, 1.165) is 135 Å². The van der Waals surface area contributed by atoms with Crippen LogP contribution in [0.4, 0.5) is 0 Å². The fourth-order valence-corrected chi connectivity index (χ4v) is 12.0. The van der Waals surface area contributed by atoms with E-state index in [1.807, 2.05) is 12.2 Å². The number of carbonyl (C=O) groups is 4. The minimum absolute atomic E-state index is 0.0206. The van der Waals surface area contributed by atoms with Crippen molar-refractivity contribution in [1.29, 1.82) is 0 Å². The molecule has 0 aliphatic rings.